The zero-order valence-electron chi connectivity index (χ0n) is 11.8. The SMILES string of the molecule is COC(OC)c1ccc(SCCCC(C)C)cc1. The van der Waals surface area contributed by atoms with Gasteiger partial charge in [-0.1, -0.05) is 32.4 Å². The number of ether oxygens (including phenoxy) is 2. The van der Waals surface area contributed by atoms with Crippen LogP contribution >= 0.6 is 11.8 Å². The first kappa shape index (κ1) is 15.5. The fourth-order valence-corrected chi connectivity index (χ4v) is 2.65. The summed E-state index contributed by atoms with van der Waals surface area (Å²) < 4.78 is 10.4. The normalized spacial score (nSPS) is 11.4. The van der Waals surface area contributed by atoms with Gasteiger partial charge in [0.2, 0.25) is 0 Å². The van der Waals surface area contributed by atoms with Crippen molar-refractivity contribution in [2.24, 2.45) is 5.92 Å². The Morgan fingerprint density at radius 1 is 1.06 bits per heavy atom. The molecule has 3 heteroatoms. The lowest BCUT2D eigenvalue weighted by Gasteiger charge is -2.13. The second kappa shape index (κ2) is 8.57. The van der Waals surface area contributed by atoms with Crippen LogP contribution in [0.3, 0.4) is 0 Å². The van der Waals surface area contributed by atoms with Crippen molar-refractivity contribution in [1.29, 1.82) is 0 Å². The maximum absolute atomic E-state index is 5.22. The fraction of sp³-hybridized carbons (Fsp3) is 0.600. The topological polar surface area (TPSA) is 18.5 Å². The molecule has 1 aromatic rings. The predicted molar refractivity (Wildman–Crippen MR) is 78.0 cm³/mol. The minimum atomic E-state index is -0.259. The van der Waals surface area contributed by atoms with Gasteiger partial charge in [0.25, 0.3) is 0 Å². The second-order valence-electron chi connectivity index (χ2n) is 4.76. The summed E-state index contributed by atoms with van der Waals surface area (Å²) in [5, 5.41) is 0. The van der Waals surface area contributed by atoms with E-state index in [-0.39, 0.29) is 6.29 Å². The standard InChI is InChI=1S/C15H24O2S/c1-12(2)6-5-11-18-14-9-7-13(8-10-14)15(16-3)17-4/h7-10,12,15H,5-6,11H2,1-4H3. The molecule has 0 amide bonds. The number of hydrogen-bond donors (Lipinski definition) is 0. The maximum atomic E-state index is 5.22. The fourth-order valence-electron chi connectivity index (χ4n) is 1.77. The number of rotatable bonds is 8. The van der Waals surface area contributed by atoms with Crippen molar-refractivity contribution in [2.45, 2.75) is 37.9 Å². The van der Waals surface area contributed by atoms with Gasteiger partial charge in [-0.2, -0.15) is 0 Å². The van der Waals surface area contributed by atoms with Crippen LogP contribution in [-0.2, 0) is 9.47 Å². The molecule has 1 rings (SSSR count). The van der Waals surface area contributed by atoms with Crippen molar-refractivity contribution in [2.75, 3.05) is 20.0 Å². The van der Waals surface area contributed by atoms with Gasteiger partial charge in [0, 0.05) is 24.7 Å². The Labute approximate surface area is 115 Å². The smallest absolute Gasteiger partial charge is 0.183 e. The van der Waals surface area contributed by atoms with Crippen LogP contribution in [-0.4, -0.2) is 20.0 Å². The molecule has 0 bridgehead atoms. The van der Waals surface area contributed by atoms with E-state index in [4.69, 9.17) is 9.47 Å². The van der Waals surface area contributed by atoms with E-state index in [1.165, 1.54) is 23.5 Å². The highest BCUT2D eigenvalue weighted by molar-refractivity contribution is 7.99. The van der Waals surface area contributed by atoms with Gasteiger partial charge in [0.15, 0.2) is 6.29 Å². The van der Waals surface area contributed by atoms with Gasteiger partial charge in [-0.15, -0.1) is 11.8 Å². The van der Waals surface area contributed by atoms with Crippen LogP contribution in [0.1, 0.15) is 38.5 Å². The quantitative estimate of drug-likeness (QED) is 0.393. The van der Waals surface area contributed by atoms with Crippen molar-refractivity contribution in [3.05, 3.63) is 29.8 Å². The summed E-state index contributed by atoms with van der Waals surface area (Å²) in [6, 6.07) is 8.42. The summed E-state index contributed by atoms with van der Waals surface area (Å²) in [4.78, 5) is 1.31. The molecular formula is C15H24O2S. The molecule has 0 aliphatic heterocycles. The lowest BCUT2D eigenvalue weighted by atomic mass is 10.1. The van der Waals surface area contributed by atoms with Crippen molar-refractivity contribution >= 4 is 11.8 Å². The van der Waals surface area contributed by atoms with E-state index in [0.717, 1.165) is 11.5 Å². The van der Waals surface area contributed by atoms with Crippen LogP contribution in [0, 0.1) is 5.92 Å². The monoisotopic (exact) mass is 268 g/mol. The van der Waals surface area contributed by atoms with Gasteiger partial charge in [-0.25, -0.2) is 0 Å². The first-order chi connectivity index (χ1) is 8.67. The molecule has 0 saturated heterocycles. The summed E-state index contributed by atoms with van der Waals surface area (Å²) in [6.45, 7) is 4.55. The van der Waals surface area contributed by atoms with E-state index < -0.39 is 0 Å². The highest BCUT2D eigenvalue weighted by Gasteiger charge is 2.07. The average Bonchev–Trinajstić information content (AvgIpc) is 2.37. The minimum absolute atomic E-state index is 0.259. The Balaban J connectivity index is 2.40. The van der Waals surface area contributed by atoms with E-state index in [0.29, 0.717) is 0 Å². The number of methoxy groups -OCH3 is 2. The summed E-state index contributed by atoms with van der Waals surface area (Å²) >= 11 is 1.92. The molecule has 0 unspecified atom stereocenters. The van der Waals surface area contributed by atoms with E-state index in [9.17, 15) is 0 Å². The molecule has 0 fully saturated rings. The Hall–Kier alpha value is -0.510. The van der Waals surface area contributed by atoms with Crippen molar-refractivity contribution in [1.82, 2.24) is 0 Å². The average molecular weight is 268 g/mol. The Morgan fingerprint density at radius 2 is 1.67 bits per heavy atom. The van der Waals surface area contributed by atoms with Gasteiger partial charge in [-0.05, 0) is 30.2 Å². The molecule has 102 valence electrons. The van der Waals surface area contributed by atoms with Crippen molar-refractivity contribution in [3.63, 3.8) is 0 Å². The van der Waals surface area contributed by atoms with Crippen molar-refractivity contribution in [3.8, 4) is 0 Å². The van der Waals surface area contributed by atoms with Crippen LogP contribution in [0.5, 0.6) is 0 Å². The highest BCUT2D eigenvalue weighted by atomic mass is 32.2. The number of hydrogen-bond acceptors (Lipinski definition) is 3. The van der Waals surface area contributed by atoms with Gasteiger partial charge < -0.3 is 9.47 Å². The summed E-state index contributed by atoms with van der Waals surface area (Å²) in [7, 11) is 3.31. The van der Waals surface area contributed by atoms with Gasteiger partial charge in [0.1, 0.15) is 0 Å². The zero-order chi connectivity index (χ0) is 13.4. The van der Waals surface area contributed by atoms with Crippen LogP contribution < -0.4 is 0 Å². The first-order valence-corrected chi connectivity index (χ1v) is 7.44. The van der Waals surface area contributed by atoms with Gasteiger partial charge >= 0.3 is 0 Å². The molecule has 0 atom stereocenters. The largest absolute Gasteiger partial charge is 0.352 e. The molecule has 18 heavy (non-hydrogen) atoms. The molecule has 0 saturated carbocycles. The molecule has 0 heterocycles. The molecule has 0 aliphatic carbocycles. The lowest BCUT2D eigenvalue weighted by molar-refractivity contribution is -0.106. The Kier molecular flexibility index (Phi) is 7.40. The molecule has 0 aromatic heterocycles. The zero-order valence-corrected chi connectivity index (χ0v) is 12.6. The number of thioether (sulfide) groups is 1. The molecule has 0 aliphatic rings. The highest BCUT2D eigenvalue weighted by Crippen LogP contribution is 2.24. The maximum Gasteiger partial charge on any atom is 0.183 e. The summed E-state index contributed by atoms with van der Waals surface area (Å²) in [5.74, 6) is 1.99. The molecule has 0 radical (unpaired) electrons. The van der Waals surface area contributed by atoms with Gasteiger partial charge in [0.05, 0.1) is 0 Å². The third-order valence-electron chi connectivity index (χ3n) is 2.77. The van der Waals surface area contributed by atoms with Crippen LogP contribution in [0.2, 0.25) is 0 Å². The van der Waals surface area contributed by atoms with Gasteiger partial charge in [-0.3, -0.25) is 0 Å². The predicted octanol–water partition coefficient (Wildman–Crippen LogP) is 4.51. The number of benzene rings is 1. The molecule has 0 spiro atoms. The minimum Gasteiger partial charge on any atom is -0.352 e. The van der Waals surface area contributed by atoms with E-state index >= 15 is 0 Å². The van der Waals surface area contributed by atoms with Crippen LogP contribution in [0.4, 0.5) is 0 Å². The van der Waals surface area contributed by atoms with Crippen molar-refractivity contribution < 1.29 is 9.47 Å². The summed E-state index contributed by atoms with van der Waals surface area (Å²) in [5.41, 5.74) is 1.06. The van der Waals surface area contributed by atoms with E-state index in [2.05, 4.69) is 38.1 Å². The lowest BCUT2D eigenvalue weighted by Crippen LogP contribution is -2.02. The van der Waals surface area contributed by atoms with Crippen LogP contribution in [0.15, 0.2) is 29.2 Å². The third kappa shape index (κ3) is 5.42. The van der Waals surface area contributed by atoms with E-state index in [1.807, 2.05) is 11.8 Å². The second-order valence-corrected chi connectivity index (χ2v) is 5.93. The molecule has 2 nitrogen and oxygen atoms in total. The Bertz CT molecular complexity index is 318. The molecular weight excluding hydrogens is 244 g/mol. The third-order valence-corrected chi connectivity index (χ3v) is 3.87. The molecule has 1 aromatic carbocycles. The Morgan fingerprint density at radius 3 is 2.17 bits per heavy atom. The van der Waals surface area contributed by atoms with E-state index in [1.54, 1.807) is 14.2 Å². The summed E-state index contributed by atoms with van der Waals surface area (Å²) in [6.07, 6.45) is 2.33. The first-order valence-electron chi connectivity index (χ1n) is 6.45. The van der Waals surface area contributed by atoms with Crippen LogP contribution in [0.25, 0.3) is 0 Å². The molecule has 0 N–H and O–H groups in total.